The molecule has 82 valence electrons. The number of carbonyl (C=O) groups is 1. The second-order valence-corrected chi connectivity index (χ2v) is 5.08. The van der Waals surface area contributed by atoms with Crippen molar-refractivity contribution in [2.45, 2.75) is 32.2 Å². The Hall–Kier alpha value is -0.900. The van der Waals surface area contributed by atoms with Gasteiger partial charge in [-0.15, -0.1) is 11.3 Å². The van der Waals surface area contributed by atoms with Crippen LogP contribution in [0.15, 0.2) is 11.6 Å². The number of aromatic nitrogens is 1. The lowest BCUT2D eigenvalue weighted by atomic mass is 10.1. The van der Waals surface area contributed by atoms with Gasteiger partial charge in [-0.2, -0.15) is 0 Å². The van der Waals surface area contributed by atoms with Gasteiger partial charge < -0.3 is 4.90 Å². The molecule has 1 aromatic rings. The number of nitrogens with zero attached hydrogens (tertiary/aromatic N) is 2. The van der Waals surface area contributed by atoms with Crippen molar-refractivity contribution in [2.24, 2.45) is 5.92 Å². The number of hydrogen-bond acceptors (Lipinski definition) is 3. The predicted octanol–water partition coefficient (Wildman–Crippen LogP) is 2.29. The van der Waals surface area contributed by atoms with Crippen molar-refractivity contribution in [3.05, 3.63) is 16.6 Å². The van der Waals surface area contributed by atoms with Crippen molar-refractivity contribution >= 4 is 17.2 Å². The Bertz CT molecular complexity index is 317. The van der Waals surface area contributed by atoms with Crippen LogP contribution in [0.1, 0.15) is 30.7 Å². The summed E-state index contributed by atoms with van der Waals surface area (Å²) < 4.78 is 0. The van der Waals surface area contributed by atoms with E-state index < -0.39 is 0 Å². The molecule has 1 aliphatic rings. The number of hydrogen-bond donors (Lipinski definition) is 0. The molecule has 0 aliphatic heterocycles. The molecule has 1 heterocycles. The van der Waals surface area contributed by atoms with Crippen LogP contribution in [0, 0.1) is 5.92 Å². The Labute approximate surface area is 94.1 Å². The fourth-order valence-corrected chi connectivity index (χ4v) is 2.77. The minimum absolute atomic E-state index is 0.273. The van der Waals surface area contributed by atoms with Crippen molar-refractivity contribution in [3.63, 3.8) is 0 Å². The minimum atomic E-state index is 0.273. The molecule has 4 heteroatoms. The highest BCUT2D eigenvalue weighted by Crippen LogP contribution is 2.26. The van der Waals surface area contributed by atoms with E-state index in [1.54, 1.807) is 17.5 Å². The van der Waals surface area contributed by atoms with E-state index in [0.29, 0.717) is 12.5 Å². The molecule has 0 radical (unpaired) electrons. The molecule has 0 aromatic carbocycles. The molecule has 2 rings (SSSR count). The Morgan fingerprint density at radius 3 is 2.93 bits per heavy atom. The first-order chi connectivity index (χ1) is 7.27. The first kappa shape index (κ1) is 10.6. The van der Waals surface area contributed by atoms with E-state index in [-0.39, 0.29) is 5.92 Å². The van der Waals surface area contributed by atoms with E-state index in [1.807, 2.05) is 17.3 Å². The molecule has 0 atom stereocenters. The van der Waals surface area contributed by atoms with E-state index in [4.69, 9.17) is 0 Å². The van der Waals surface area contributed by atoms with Crippen LogP contribution in [0.2, 0.25) is 0 Å². The average Bonchev–Trinajstić information content (AvgIpc) is 2.88. The zero-order valence-electron chi connectivity index (χ0n) is 8.98. The van der Waals surface area contributed by atoms with Crippen LogP contribution in [0.25, 0.3) is 0 Å². The summed E-state index contributed by atoms with van der Waals surface area (Å²) in [6, 6.07) is 0. The minimum Gasteiger partial charge on any atom is -0.339 e. The van der Waals surface area contributed by atoms with Gasteiger partial charge in [-0.25, -0.2) is 4.98 Å². The summed E-state index contributed by atoms with van der Waals surface area (Å²) in [5, 5.41) is 2.97. The maximum Gasteiger partial charge on any atom is 0.225 e. The smallest absolute Gasteiger partial charge is 0.225 e. The molecular weight excluding hydrogens is 208 g/mol. The fourth-order valence-electron chi connectivity index (χ4n) is 2.10. The third-order valence-corrected chi connectivity index (χ3v) is 3.70. The maximum atomic E-state index is 12.0. The van der Waals surface area contributed by atoms with Crippen LogP contribution in [0.4, 0.5) is 0 Å². The zero-order valence-corrected chi connectivity index (χ0v) is 9.80. The van der Waals surface area contributed by atoms with Crippen molar-refractivity contribution in [1.29, 1.82) is 0 Å². The monoisotopic (exact) mass is 224 g/mol. The lowest BCUT2D eigenvalue weighted by Crippen LogP contribution is -2.31. The molecule has 0 spiro atoms. The van der Waals surface area contributed by atoms with E-state index in [1.165, 1.54) is 12.8 Å². The van der Waals surface area contributed by atoms with Gasteiger partial charge in [0.05, 0.1) is 6.54 Å². The van der Waals surface area contributed by atoms with Gasteiger partial charge in [0.25, 0.3) is 0 Å². The van der Waals surface area contributed by atoms with Crippen molar-refractivity contribution < 1.29 is 4.79 Å². The van der Waals surface area contributed by atoms with Crippen molar-refractivity contribution in [3.8, 4) is 0 Å². The van der Waals surface area contributed by atoms with Gasteiger partial charge >= 0.3 is 0 Å². The average molecular weight is 224 g/mol. The lowest BCUT2D eigenvalue weighted by molar-refractivity contribution is -0.134. The summed E-state index contributed by atoms with van der Waals surface area (Å²) >= 11 is 1.61. The lowest BCUT2D eigenvalue weighted by Gasteiger charge is -2.19. The molecular formula is C11H16N2OS. The summed E-state index contributed by atoms with van der Waals surface area (Å²) in [5.74, 6) is 0.567. The Morgan fingerprint density at radius 2 is 2.33 bits per heavy atom. The van der Waals surface area contributed by atoms with E-state index >= 15 is 0 Å². The highest BCUT2D eigenvalue weighted by atomic mass is 32.1. The number of carbonyl (C=O) groups excluding carboxylic acids is 1. The van der Waals surface area contributed by atoms with Gasteiger partial charge in [-0.05, 0) is 12.8 Å². The molecule has 1 amide bonds. The zero-order chi connectivity index (χ0) is 10.7. The van der Waals surface area contributed by atoms with Crippen LogP contribution in [0.3, 0.4) is 0 Å². The van der Waals surface area contributed by atoms with Crippen molar-refractivity contribution in [1.82, 2.24) is 9.88 Å². The van der Waals surface area contributed by atoms with Crippen LogP contribution < -0.4 is 0 Å². The van der Waals surface area contributed by atoms with Gasteiger partial charge in [0.1, 0.15) is 5.01 Å². The summed E-state index contributed by atoms with van der Waals surface area (Å²) in [4.78, 5) is 18.0. The summed E-state index contributed by atoms with van der Waals surface area (Å²) in [7, 11) is 1.88. The van der Waals surface area contributed by atoms with Gasteiger partial charge in [0.15, 0.2) is 0 Å². The van der Waals surface area contributed by atoms with E-state index in [0.717, 1.165) is 17.8 Å². The van der Waals surface area contributed by atoms with Crippen LogP contribution in [-0.2, 0) is 11.3 Å². The molecule has 0 unspecified atom stereocenters. The maximum absolute atomic E-state index is 12.0. The van der Waals surface area contributed by atoms with E-state index in [2.05, 4.69) is 4.98 Å². The first-order valence-corrected chi connectivity index (χ1v) is 6.28. The largest absolute Gasteiger partial charge is 0.339 e. The Balaban J connectivity index is 1.89. The van der Waals surface area contributed by atoms with Gasteiger partial charge in [-0.1, -0.05) is 12.8 Å². The molecule has 3 nitrogen and oxygen atoms in total. The number of rotatable bonds is 3. The van der Waals surface area contributed by atoms with Gasteiger partial charge in [-0.3, -0.25) is 4.79 Å². The van der Waals surface area contributed by atoms with Gasteiger partial charge in [0, 0.05) is 24.5 Å². The quantitative estimate of drug-likeness (QED) is 0.789. The molecule has 1 saturated carbocycles. The standard InChI is InChI=1S/C11H16N2OS/c1-13(8-10-12-6-7-15-10)11(14)9-4-2-3-5-9/h6-7,9H,2-5,8H2,1H3. The summed E-state index contributed by atoms with van der Waals surface area (Å²) in [6.45, 7) is 0.660. The molecule has 1 aromatic heterocycles. The summed E-state index contributed by atoms with van der Waals surface area (Å²) in [5.41, 5.74) is 0. The summed E-state index contributed by atoms with van der Waals surface area (Å²) in [6.07, 6.45) is 6.35. The molecule has 1 aliphatic carbocycles. The first-order valence-electron chi connectivity index (χ1n) is 5.40. The normalized spacial score (nSPS) is 16.9. The number of amides is 1. The van der Waals surface area contributed by atoms with Crippen LogP contribution in [0.5, 0.6) is 0 Å². The fraction of sp³-hybridized carbons (Fsp3) is 0.636. The third-order valence-electron chi connectivity index (χ3n) is 2.94. The topological polar surface area (TPSA) is 33.2 Å². The highest BCUT2D eigenvalue weighted by Gasteiger charge is 2.25. The number of thiazole rings is 1. The Morgan fingerprint density at radius 1 is 1.60 bits per heavy atom. The third kappa shape index (κ3) is 2.56. The van der Waals surface area contributed by atoms with Crippen LogP contribution in [-0.4, -0.2) is 22.8 Å². The Kier molecular flexibility index (Phi) is 3.36. The molecule has 15 heavy (non-hydrogen) atoms. The molecule has 0 N–H and O–H groups in total. The predicted molar refractivity (Wildman–Crippen MR) is 60.5 cm³/mol. The van der Waals surface area contributed by atoms with E-state index in [9.17, 15) is 4.79 Å². The molecule has 0 bridgehead atoms. The second-order valence-electron chi connectivity index (χ2n) is 4.10. The molecule has 0 saturated heterocycles. The van der Waals surface area contributed by atoms with Crippen LogP contribution >= 0.6 is 11.3 Å². The molecule has 1 fully saturated rings. The highest BCUT2D eigenvalue weighted by molar-refractivity contribution is 7.09. The second kappa shape index (κ2) is 4.75. The SMILES string of the molecule is CN(Cc1nccs1)C(=O)C1CCCC1. The van der Waals surface area contributed by atoms with Gasteiger partial charge in [0.2, 0.25) is 5.91 Å². The van der Waals surface area contributed by atoms with Crippen molar-refractivity contribution in [2.75, 3.05) is 7.05 Å².